The van der Waals surface area contributed by atoms with Crippen molar-refractivity contribution in [2.45, 2.75) is 6.92 Å². The summed E-state index contributed by atoms with van der Waals surface area (Å²) >= 11 is 5.32. The van der Waals surface area contributed by atoms with Crippen LogP contribution in [0.3, 0.4) is 0 Å². The Kier molecular flexibility index (Phi) is 5.58. The van der Waals surface area contributed by atoms with Crippen molar-refractivity contribution in [3.05, 3.63) is 24.3 Å². The molecule has 0 saturated heterocycles. The van der Waals surface area contributed by atoms with Crippen LogP contribution in [-0.2, 0) is 0 Å². The molecule has 0 atom stereocenters. The van der Waals surface area contributed by atoms with E-state index >= 15 is 0 Å². The van der Waals surface area contributed by atoms with E-state index < -0.39 is 0 Å². The van der Waals surface area contributed by atoms with Gasteiger partial charge in [-0.2, -0.15) is 0 Å². The van der Waals surface area contributed by atoms with Gasteiger partial charge in [-0.05, 0) is 6.92 Å². The lowest BCUT2D eigenvalue weighted by atomic mass is 10.5. The highest BCUT2D eigenvalue weighted by molar-refractivity contribution is 6.18. The van der Waals surface area contributed by atoms with Gasteiger partial charge < -0.3 is 0 Å². The van der Waals surface area contributed by atoms with Gasteiger partial charge in [-0.1, -0.05) is 24.3 Å². The van der Waals surface area contributed by atoms with Gasteiger partial charge in [0.2, 0.25) is 0 Å². The first kappa shape index (κ1) is 6.77. The highest BCUT2D eigenvalue weighted by Gasteiger charge is 1.59. The van der Waals surface area contributed by atoms with Gasteiger partial charge in [0.05, 0.1) is 0 Å². The zero-order valence-electron chi connectivity index (χ0n) is 4.39. The third-order valence-corrected chi connectivity index (χ3v) is 0.707. The van der Waals surface area contributed by atoms with Crippen molar-refractivity contribution in [1.82, 2.24) is 0 Å². The molecule has 7 heavy (non-hydrogen) atoms. The average Bonchev–Trinajstić information content (AvgIpc) is 1.69. The third kappa shape index (κ3) is 5.77. The fraction of sp³-hybridized carbons (Fsp3) is 0.333. The first-order valence-corrected chi connectivity index (χ1v) is 2.79. The highest BCUT2D eigenvalue weighted by atomic mass is 35.5. The maximum absolute atomic E-state index is 5.32. The zero-order chi connectivity index (χ0) is 5.54. The maximum atomic E-state index is 5.32. The Morgan fingerprint density at radius 2 is 2.14 bits per heavy atom. The molecule has 0 unspecified atom stereocenters. The van der Waals surface area contributed by atoms with Crippen LogP contribution in [0.25, 0.3) is 0 Å². The molecule has 0 radical (unpaired) electrons. The van der Waals surface area contributed by atoms with Crippen molar-refractivity contribution in [2.24, 2.45) is 0 Å². The van der Waals surface area contributed by atoms with Crippen molar-refractivity contribution in [3.8, 4) is 0 Å². The Labute approximate surface area is 49.5 Å². The number of alkyl halides is 1. The second-order valence-electron chi connectivity index (χ2n) is 1.11. The third-order valence-electron chi connectivity index (χ3n) is 0.529. The number of hydrogen-bond donors (Lipinski definition) is 0. The van der Waals surface area contributed by atoms with Crippen LogP contribution < -0.4 is 0 Å². The topological polar surface area (TPSA) is 0 Å². The monoisotopic (exact) mass is 116 g/mol. The molecule has 0 heterocycles. The molecule has 0 aromatic rings. The predicted molar refractivity (Wildman–Crippen MR) is 34.7 cm³/mol. The quantitative estimate of drug-likeness (QED) is 0.384. The van der Waals surface area contributed by atoms with E-state index in [1.165, 1.54) is 0 Å². The van der Waals surface area contributed by atoms with Gasteiger partial charge in [0, 0.05) is 5.88 Å². The second kappa shape index (κ2) is 5.77. The summed E-state index contributed by atoms with van der Waals surface area (Å²) < 4.78 is 0. The summed E-state index contributed by atoms with van der Waals surface area (Å²) in [6.07, 6.45) is 7.72. The molecule has 0 bridgehead atoms. The number of hydrogen-bond acceptors (Lipinski definition) is 0. The number of allylic oxidation sites excluding steroid dienone is 4. The first-order valence-electron chi connectivity index (χ1n) is 2.25. The van der Waals surface area contributed by atoms with Crippen LogP contribution in [0.4, 0.5) is 0 Å². The van der Waals surface area contributed by atoms with E-state index in [4.69, 9.17) is 11.6 Å². The van der Waals surface area contributed by atoms with Crippen molar-refractivity contribution in [2.75, 3.05) is 5.88 Å². The summed E-state index contributed by atoms with van der Waals surface area (Å²) in [6.45, 7) is 1.97. The molecule has 0 saturated carbocycles. The fourth-order valence-corrected chi connectivity index (χ4v) is 0.344. The lowest BCUT2D eigenvalue weighted by Gasteiger charge is -1.68. The van der Waals surface area contributed by atoms with E-state index in [0.29, 0.717) is 5.88 Å². The maximum Gasteiger partial charge on any atom is 0.0407 e. The Balaban J connectivity index is 3.09. The van der Waals surface area contributed by atoms with Crippen LogP contribution in [0.1, 0.15) is 6.92 Å². The van der Waals surface area contributed by atoms with Crippen molar-refractivity contribution >= 4 is 11.6 Å². The van der Waals surface area contributed by atoms with Crippen LogP contribution in [0.15, 0.2) is 24.3 Å². The Hall–Kier alpha value is -0.230. The number of halogens is 1. The summed E-state index contributed by atoms with van der Waals surface area (Å²) in [5.41, 5.74) is 0. The van der Waals surface area contributed by atoms with E-state index in [-0.39, 0.29) is 0 Å². The lowest BCUT2D eigenvalue weighted by Crippen LogP contribution is -1.54. The van der Waals surface area contributed by atoms with Crippen molar-refractivity contribution < 1.29 is 0 Å². The predicted octanol–water partition coefficient (Wildman–Crippen LogP) is 2.36. The minimum atomic E-state index is 0.602. The van der Waals surface area contributed by atoms with E-state index in [1.54, 1.807) is 0 Å². The standard InChI is InChI=1S/C6H9Cl/c1-2-3-4-5-6-7/h2-5H,6H2,1H3/b3-2+,5-4+. The number of rotatable bonds is 2. The van der Waals surface area contributed by atoms with Gasteiger partial charge in [-0.15, -0.1) is 11.6 Å². The van der Waals surface area contributed by atoms with Gasteiger partial charge in [-0.25, -0.2) is 0 Å². The molecule has 0 aromatic heterocycles. The minimum Gasteiger partial charge on any atom is -0.122 e. The molecular formula is C6H9Cl. The van der Waals surface area contributed by atoms with Gasteiger partial charge in [0.25, 0.3) is 0 Å². The molecule has 0 rings (SSSR count). The Bertz CT molecular complexity index is 72.2. The molecule has 0 nitrogen and oxygen atoms in total. The Morgan fingerprint density at radius 3 is 2.57 bits per heavy atom. The summed E-state index contributed by atoms with van der Waals surface area (Å²) in [6, 6.07) is 0. The molecule has 0 aliphatic carbocycles. The average molecular weight is 117 g/mol. The largest absolute Gasteiger partial charge is 0.122 e. The zero-order valence-corrected chi connectivity index (χ0v) is 5.15. The SMILES string of the molecule is C/C=C/C=C/CCl. The van der Waals surface area contributed by atoms with Crippen molar-refractivity contribution in [3.63, 3.8) is 0 Å². The van der Waals surface area contributed by atoms with E-state index in [2.05, 4.69) is 0 Å². The minimum absolute atomic E-state index is 0.602. The smallest absolute Gasteiger partial charge is 0.0407 e. The van der Waals surface area contributed by atoms with Crippen LogP contribution in [0, 0.1) is 0 Å². The van der Waals surface area contributed by atoms with Gasteiger partial charge in [-0.3, -0.25) is 0 Å². The molecule has 0 aliphatic heterocycles. The summed E-state index contributed by atoms with van der Waals surface area (Å²) in [4.78, 5) is 0. The molecule has 0 N–H and O–H groups in total. The Morgan fingerprint density at radius 1 is 1.43 bits per heavy atom. The van der Waals surface area contributed by atoms with Gasteiger partial charge >= 0.3 is 0 Å². The van der Waals surface area contributed by atoms with Crippen LogP contribution in [0.5, 0.6) is 0 Å². The molecule has 0 fully saturated rings. The normalized spacial score (nSPS) is 11.7. The molecule has 0 aromatic carbocycles. The fourth-order valence-electron chi connectivity index (χ4n) is 0.241. The van der Waals surface area contributed by atoms with Crippen LogP contribution in [0.2, 0.25) is 0 Å². The molecule has 0 spiro atoms. The second-order valence-corrected chi connectivity index (χ2v) is 1.42. The molecule has 0 amide bonds. The first-order chi connectivity index (χ1) is 3.41. The van der Waals surface area contributed by atoms with Crippen molar-refractivity contribution in [1.29, 1.82) is 0 Å². The summed E-state index contributed by atoms with van der Waals surface area (Å²) in [5, 5.41) is 0. The van der Waals surface area contributed by atoms with E-state index in [1.807, 2.05) is 31.2 Å². The van der Waals surface area contributed by atoms with Gasteiger partial charge in [0.1, 0.15) is 0 Å². The van der Waals surface area contributed by atoms with E-state index in [9.17, 15) is 0 Å². The summed E-state index contributed by atoms with van der Waals surface area (Å²) in [5.74, 6) is 0.602. The lowest BCUT2D eigenvalue weighted by molar-refractivity contribution is 1.69. The summed E-state index contributed by atoms with van der Waals surface area (Å²) in [7, 11) is 0. The van der Waals surface area contributed by atoms with Crippen LogP contribution >= 0.6 is 11.6 Å². The molecule has 40 valence electrons. The van der Waals surface area contributed by atoms with Crippen LogP contribution in [-0.4, -0.2) is 5.88 Å². The molecule has 1 heteroatoms. The van der Waals surface area contributed by atoms with Gasteiger partial charge in [0.15, 0.2) is 0 Å². The highest BCUT2D eigenvalue weighted by Crippen LogP contribution is 1.78. The van der Waals surface area contributed by atoms with E-state index in [0.717, 1.165) is 0 Å². The molecular weight excluding hydrogens is 108 g/mol. The molecule has 0 aliphatic rings.